The van der Waals surface area contributed by atoms with E-state index >= 15 is 0 Å². The van der Waals surface area contributed by atoms with Crippen molar-refractivity contribution in [1.29, 1.82) is 0 Å². The van der Waals surface area contributed by atoms with Crippen LogP contribution in [0.5, 0.6) is 0 Å². The molecule has 2 aromatic rings. The summed E-state index contributed by atoms with van der Waals surface area (Å²) in [6, 6.07) is 9.71. The first-order valence-electron chi connectivity index (χ1n) is 9.08. The normalized spacial score (nSPS) is 16.3. The van der Waals surface area contributed by atoms with Crippen LogP contribution in [0.25, 0.3) is 11.0 Å². The Bertz CT molecular complexity index is 814. The number of amides is 1. The number of carbonyl (C=O) groups is 2. The first-order chi connectivity index (χ1) is 12.4. The Kier molecular flexibility index (Phi) is 5.16. The fraction of sp³-hybridized carbons (Fsp3) is 0.429. The molecule has 0 fully saturated rings. The zero-order chi connectivity index (χ0) is 18.7. The molecule has 0 N–H and O–H groups in total. The van der Waals surface area contributed by atoms with Crippen LogP contribution in [0.4, 0.5) is 0 Å². The van der Waals surface area contributed by atoms with E-state index in [-0.39, 0.29) is 23.9 Å². The molecule has 1 aliphatic rings. The number of carbonyl (C=O) groups excluding carboxylic acids is 2. The molecule has 138 valence electrons. The number of unbranched alkanes of at least 4 members (excludes halogenated alkanes) is 1. The summed E-state index contributed by atoms with van der Waals surface area (Å²) >= 11 is 0. The Morgan fingerprint density at radius 3 is 2.73 bits per heavy atom. The van der Waals surface area contributed by atoms with Gasteiger partial charge in [-0.3, -0.25) is 9.59 Å². The summed E-state index contributed by atoms with van der Waals surface area (Å²) in [5.41, 5.74) is 0.141. The number of para-hydroxylation sites is 1. The number of rotatable bonds is 6. The number of benzene rings is 1. The van der Waals surface area contributed by atoms with E-state index in [0.717, 1.165) is 29.6 Å². The number of allylic oxidation sites excluding steroid dienone is 1. The summed E-state index contributed by atoms with van der Waals surface area (Å²) in [5.74, 6) is 0.500. The van der Waals surface area contributed by atoms with Crippen molar-refractivity contribution < 1.29 is 18.7 Å². The quantitative estimate of drug-likeness (QED) is 0.779. The Labute approximate surface area is 153 Å². The van der Waals surface area contributed by atoms with Crippen LogP contribution in [0.2, 0.25) is 0 Å². The maximum absolute atomic E-state index is 13.0. The number of fused-ring (bicyclic) bond motifs is 1. The number of hydrogen-bond acceptors (Lipinski definition) is 4. The molecule has 1 amide bonds. The minimum absolute atomic E-state index is 0.0798. The van der Waals surface area contributed by atoms with Gasteiger partial charge in [-0.1, -0.05) is 31.5 Å². The third kappa shape index (κ3) is 4.15. The number of furan rings is 1. The Balaban J connectivity index is 1.82. The second-order valence-electron chi connectivity index (χ2n) is 7.34. The van der Waals surface area contributed by atoms with Crippen molar-refractivity contribution in [2.75, 3.05) is 6.54 Å². The van der Waals surface area contributed by atoms with Crippen LogP contribution >= 0.6 is 0 Å². The molecule has 0 unspecified atom stereocenters. The van der Waals surface area contributed by atoms with Gasteiger partial charge >= 0.3 is 0 Å². The minimum Gasteiger partial charge on any atom is -0.481 e. The van der Waals surface area contributed by atoms with Crippen LogP contribution in [0.15, 0.2) is 46.6 Å². The van der Waals surface area contributed by atoms with Gasteiger partial charge in [-0.2, -0.15) is 0 Å². The topological polar surface area (TPSA) is 59.8 Å². The van der Waals surface area contributed by atoms with E-state index in [1.165, 1.54) is 6.08 Å². The van der Waals surface area contributed by atoms with Crippen LogP contribution in [-0.2, 0) is 20.9 Å². The SMILES string of the molecule is CCCCN(Cc1cc2ccccc2o1)C(=O)C1=CC(=O)CC(C)(C)O1. The third-order valence-electron chi connectivity index (χ3n) is 4.38. The zero-order valence-electron chi connectivity index (χ0n) is 15.6. The van der Waals surface area contributed by atoms with Gasteiger partial charge in [0.25, 0.3) is 5.91 Å². The van der Waals surface area contributed by atoms with E-state index in [2.05, 4.69) is 6.92 Å². The van der Waals surface area contributed by atoms with E-state index in [1.807, 2.05) is 44.2 Å². The van der Waals surface area contributed by atoms with Gasteiger partial charge in [-0.25, -0.2) is 0 Å². The molecule has 2 heterocycles. The molecule has 0 bridgehead atoms. The van der Waals surface area contributed by atoms with Crippen LogP contribution in [0.3, 0.4) is 0 Å². The smallest absolute Gasteiger partial charge is 0.289 e. The maximum Gasteiger partial charge on any atom is 0.289 e. The van der Waals surface area contributed by atoms with Gasteiger partial charge in [0.1, 0.15) is 16.9 Å². The van der Waals surface area contributed by atoms with E-state index in [9.17, 15) is 9.59 Å². The molecular weight excluding hydrogens is 330 g/mol. The number of ketones is 1. The lowest BCUT2D eigenvalue weighted by atomic mass is 9.98. The van der Waals surface area contributed by atoms with Crippen molar-refractivity contribution in [2.24, 2.45) is 0 Å². The summed E-state index contributed by atoms with van der Waals surface area (Å²) in [6.07, 6.45) is 3.44. The highest BCUT2D eigenvalue weighted by molar-refractivity contribution is 6.01. The van der Waals surface area contributed by atoms with Gasteiger partial charge in [-0.15, -0.1) is 0 Å². The second-order valence-corrected chi connectivity index (χ2v) is 7.34. The first kappa shape index (κ1) is 18.2. The molecule has 5 nitrogen and oxygen atoms in total. The van der Waals surface area contributed by atoms with Crippen LogP contribution < -0.4 is 0 Å². The largest absolute Gasteiger partial charge is 0.481 e. The molecule has 1 aliphatic heterocycles. The second kappa shape index (κ2) is 7.36. The summed E-state index contributed by atoms with van der Waals surface area (Å²) in [4.78, 5) is 26.7. The Morgan fingerprint density at radius 2 is 2.04 bits per heavy atom. The molecule has 0 atom stereocenters. The van der Waals surface area contributed by atoms with Crippen molar-refractivity contribution in [2.45, 2.75) is 52.2 Å². The fourth-order valence-corrected chi connectivity index (χ4v) is 3.15. The Morgan fingerprint density at radius 1 is 1.27 bits per heavy atom. The highest BCUT2D eigenvalue weighted by Gasteiger charge is 2.33. The van der Waals surface area contributed by atoms with Gasteiger partial charge in [-0.05, 0) is 32.4 Å². The monoisotopic (exact) mass is 355 g/mol. The summed E-state index contributed by atoms with van der Waals surface area (Å²) in [7, 11) is 0. The van der Waals surface area contributed by atoms with Gasteiger partial charge in [0.15, 0.2) is 11.5 Å². The predicted molar refractivity (Wildman–Crippen MR) is 99.4 cm³/mol. The lowest BCUT2D eigenvalue weighted by Gasteiger charge is -2.32. The minimum atomic E-state index is -0.660. The molecule has 26 heavy (non-hydrogen) atoms. The molecule has 0 radical (unpaired) electrons. The molecule has 0 aliphatic carbocycles. The van der Waals surface area contributed by atoms with Crippen molar-refractivity contribution in [3.05, 3.63) is 47.9 Å². The zero-order valence-corrected chi connectivity index (χ0v) is 15.6. The molecule has 3 rings (SSSR count). The highest BCUT2D eigenvalue weighted by atomic mass is 16.5. The summed E-state index contributed by atoms with van der Waals surface area (Å²) in [5, 5.41) is 1.01. The lowest BCUT2D eigenvalue weighted by molar-refractivity contribution is -0.138. The standard InChI is InChI=1S/C21H25NO4/c1-4-5-10-22(14-17-11-15-8-6-7-9-18(15)25-17)20(24)19-12-16(23)13-21(2,3)26-19/h6-9,11-12H,4-5,10,13-14H2,1-3H3. The average molecular weight is 355 g/mol. The van der Waals surface area contributed by atoms with Crippen molar-refractivity contribution >= 4 is 22.7 Å². The van der Waals surface area contributed by atoms with Gasteiger partial charge in [0.05, 0.1) is 6.54 Å². The number of nitrogens with zero attached hydrogens (tertiary/aromatic N) is 1. The van der Waals surface area contributed by atoms with Crippen LogP contribution in [0.1, 0.15) is 45.8 Å². The molecule has 0 saturated heterocycles. The fourth-order valence-electron chi connectivity index (χ4n) is 3.15. The van der Waals surface area contributed by atoms with E-state index < -0.39 is 5.60 Å². The lowest BCUT2D eigenvalue weighted by Crippen LogP contribution is -2.39. The summed E-state index contributed by atoms with van der Waals surface area (Å²) < 4.78 is 11.6. The molecule has 1 aromatic carbocycles. The number of ether oxygens (including phenoxy) is 1. The van der Waals surface area contributed by atoms with Crippen molar-refractivity contribution in [1.82, 2.24) is 4.90 Å². The molecule has 0 spiro atoms. The average Bonchev–Trinajstić information content (AvgIpc) is 2.98. The molecule has 1 aromatic heterocycles. The van der Waals surface area contributed by atoms with E-state index in [1.54, 1.807) is 4.90 Å². The third-order valence-corrected chi connectivity index (χ3v) is 4.38. The van der Waals surface area contributed by atoms with Gasteiger partial charge in [0.2, 0.25) is 0 Å². The molecule has 5 heteroatoms. The summed E-state index contributed by atoms with van der Waals surface area (Å²) in [6.45, 7) is 6.65. The Hall–Kier alpha value is -2.56. The predicted octanol–water partition coefficient (Wildman–Crippen LogP) is 4.21. The van der Waals surface area contributed by atoms with Crippen LogP contribution in [0, 0.1) is 0 Å². The first-order valence-corrected chi connectivity index (χ1v) is 9.08. The van der Waals surface area contributed by atoms with Gasteiger partial charge < -0.3 is 14.1 Å². The van der Waals surface area contributed by atoms with Crippen LogP contribution in [-0.4, -0.2) is 28.7 Å². The maximum atomic E-state index is 13.0. The van der Waals surface area contributed by atoms with Crippen molar-refractivity contribution in [3.63, 3.8) is 0 Å². The van der Waals surface area contributed by atoms with E-state index in [0.29, 0.717) is 13.1 Å². The molecular formula is C21H25NO4. The van der Waals surface area contributed by atoms with Gasteiger partial charge in [0, 0.05) is 24.4 Å². The number of hydrogen-bond donors (Lipinski definition) is 0. The highest BCUT2D eigenvalue weighted by Crippen LogP contribution is 2.27. The molecule has 0 saturated carbocycles. The van der Waals surface area contributed by atoms with E-state index in [4.69, 9.17) is 9.15 Å². The van der Waals surface area contributed by atoms with Crippen molar-refractivity contribution in [3.8, 4) is 0 Å².